The lowest BCUT2D eigenvalue weighted by atomic mass is 10.1. The quantitative estimate of drug-likeness (QED) is 0.367. The first kappa shape index (κ1) is 21.9. The monoisotopic (exact) mass is 420 g/mol. The van der Waals surface area contributed by atoms with Gasteiger partial charge in [0, 0.05) is 5.54 Å². The van der Waals surface area contributed by atoms with Gasteiger partial charge >= 0.3 is 0 Å². The topological polar surface area (TPSA) is 9.23 Å². The van der Waals surface area contributed by atoms with Crippen molar-refractivity contribution in [3.8, 4) is 5.75 Å². The first-order valence-corrected chi connectivity index (χ1v) is 16.9. The fourth-order valence-corrected chi connectivity index (χ4v) is 11.6. The Hall–Kier alpha value is -1.85. The number of ether oxygens (including phenoxy) is 1. The Labute approximate surface area is 179 Å². The lowest BCUT2D eigenvalue weighted by Crippen LogP contribution is -2.55. The second-order valence-electron chi connectivity index (χ2n) is 9.37. The molecule has 0 saturated carbocycles. The van der Waals surface area contributed by atoms with Gasteiger partial charge in [-0.25, -0.2) is 0 Å². The minimum absolute atomic E-state index is 0.510. The first-order valence-electron chi connectivity index (χ1n) is 10.9. The molecule has 0 radical (unpaired) electrons. The van der Waals surface area contributed by atoms with Gasteiger partial charge in [-0.3, -0.25) is 0 Å². The lowest BCUT2D eigenvalue weighted by molar-refractivity contribution is 0.368. The molecule has 0 heterocycles. The summed E-state index contributed by atoms with van der Waals surface area (Å²) in [6.07, 6.45) is 6.70. The van der Waals surface area contributed by atoms with Gasteiger partial charge in [0.1, 0.15) is 20.4 Å². The van der Waals surface area contributed by atoms with Crippen LogP contribution in [-0.2, 0) is 0 Å². The highest BCUT2D eigenvalue weighted by Gasteiger charge is 2.44. The van der Waals surface area contributed by atoms with E-state index in [1.807, 2.05) is 6.08 Å². The molecule has 3 rings (SSSR count). The van der Waals surface area contributed by atoms with Crippen molar-refractivity contribution in [3.05, 3.63) is 71.8 Å². The molecule has 1 nitrogen and oxygen atoms in total. The Balaban J connectivity index is 2.29. The molecule has 1 unspecified atom stereocenters. The zero-order chi connectivity index (χ0) is 21.2. The molecule has 1 aliphatic carbocycles. The predicted octanol–water partition coefficient (Wildman–Crippen LogP) is 6.15. The third-order valence-electron chi connectivity index (χ3n) is 6.58. The summed E-state index contributed by atoms with van der Waals surface area (Å²) in [4.78, 5) is 0. The van der Waals surface area contributed by atoms with Crippen LogP contribution < -0.4 is 15.1 Å². The Kier molecular flexibility index (Phi) is 6.40. The number of hydrogen-bond acceptors (Lipinski definition) is 1. The summed E-state index contributed by atoms with van der Waals surface area (Å²) in [5.41, 5.74) is 4.78. The third-order valence-corrected chi connectivity index (χ3v) is 14.2. The van der Waals surface area contributed by atoms with Crippen molar-refractivity contribution < 1.29 is 4.74 Å². The van der Waals surface area contributed by atoms with Gasteiger partial charge in [-0.05, 0) is 28.4 Å². The van der Waals surface area contributed by atoms with E-state index in [1.54, 1.807) is 0 Å². The molecule has 0 aromatic heterocycles. The normalized spacial score (nSPS) is 16.0. The van der Waals surface area contributed by atoms with Crippen LogP contribution in [0.15, 0.2) is 55.1 Å². The van der Waals surface area contributed by atoms with Gasteiger partial charge in [0.2, 0.25) is 0 Å². The van der Waals surface area contributed by atoms with Gasteiger partial charge in [-0.1, -0.05) is 112 Å². The smallest absolute Gasteiger partial charge is 0.118 e. The van der Waals surface area contributed by atoms with Gasteiger partial charge in [0.25, 0.3) is 0 Å². The summed E-state index contributed by atoms with van der Waals surface area (Å²) < 4.78 is 6.48. The van der Waals surface area contributed by atoms with Gasteiger partial charge in [-0.15, -0.1) is 0 Å². The van der Waals surface area contributed by atoms with Crippen molar-refractivity contribution in [1.29, 1.82) is 0 Å². The van der Waals surface area contributed by atoms with Crippen molar-refractivity contribution in [2.45, 2.75) is 58.0 Å². The van der Waals surface area contributed by atoms with Crippen LogP contribution in [0.5, 0.6) is 5.75 Å². The van der Waals surface area contributed by atoms with E-state index >= 15 is 0 Å². The van der Waals surface area contributed by atoms with E-state index in [4.69, 9.17) is 4.74 Å². The van der Waals surface area contributed by atoms with E-state index in [2.05, 4.69) is 95.5 Å². The van der Waals surface area contributed by atoms with Crippen molar-refractivity contribution in [2.75, 3.05) is 6.61 Å². The number of aryl methyl sites for hydroxylation is 1. The molecule has 2 aromatic rings. The standard InChI is InChI=1S/C26H36OSi2/c1-8-17-27-26-24(28(5,6)7)18-20(4)19-25(26)29(9-2,10-3)23-16-15-21-13-11-12-14-22(21)23/h8,11-16,18-19,23H,1,9-10,17H2,2-7H3. The third kappa shape index (κ3) is 3.95. The van der Waals surface area contributed by atoms with Gasteiger partial charge in [0.15, 0.2) is 0 Å². The molecule has 0 saturated heterocycles. The van der Waals surface area contributed by atoms with Crippen LogP contribution in [0.4, 0.5) is 0 Å². The van der Waals surface area contributed by atoms with Crippen molar-refractivity contribution in [1.82, 2.24) is 0 Å². The summed E-state index contributed by atoms with van der Waals surface area (Å²) >= 11 is 0. The van der Waals surface area contributed by atoms with Crippen molar-refractivity contribution in [3.63, 3.8) is 0 Å². The number of hydrogen-bond donors (Lipinski definition) is 0. The van der Waals surface area contributed by atoms with Crippen LogP contribution in [-0.4, -0.2) is 22.8 Å². The Morgan fingerprint density at radius 3 is 2.31 bits per heavy atom. The minimum Gasteiger partial charge on any atom is -0.490 e. The molecule has 1 aliphatic rings. The fraction of sp³-hybridized carbons (Fsp3) is 0.385. The second kappa shape index (κ2) is 8.49. The van der Waals surface area contributed by atoms with Gasteiger partial charge in [0.05, 0.1) is 8.07 Å². The predicted molar refractivity (Wildman–Crippen MR) is 134 cm³/mol. The Morgan fingerprint density at radius 2 is 1.69 bits per heavy atom. The lowest BCUT2D eigenvalue weighted by Gasteiger charge is -2.39. The number of benzene rings is 2. The average Bonchev–Trinajstić information content (AvgIpc) is 3.12. The van der Waals surface area contributed by atoms with E-state index in [0.29, 0.717) is 12.1 Å². The minimum atomic E-state index is -1.90. The van der Waals surface area contributed by atoms with Crippen LogP contribution in [0.2, 0.25) is 31.7 Å². The van der Waals surface area contributed by atoms with E-state index in [0.717, 1.165) is 0 Å². The molecular formula is C26H36OSi2. The van der Waals surface area contributed by atoms with E-state index < -0.39 is 16.1 Å². The average molecular weight is 421 g/mol. The van der Waals surface area contributed by atoms with Crippen LogP contribution in [0, 0.1) is 6.92 Å². The molecule has 29 heavy (non-hydrogen) atoms. The molecule has 0 amide bonds. The Bertz CT molecular complexity index is 917. The highest BCUT2D eigenvalue weighted by atomic mass is 28.3. The maximum atomic E-state index is 6.48. The number of allylic oxidation sites excluding steroid dienone is 1. The number of fused-ring (bicyclic) bond motifs is 1. The first-order chi connectivity index (χ1) is 13.8. The molecular weight excluding hydrogens is 384 g/mol. The molecule has 3 heteroatoms. The second-order valence-corrected chi connectivity index (χ2v) is 19.3. The van der Waals surface area contributed by atoms with Crippen LogP contribution >= 0.6 is 0 Å². The van der Waals surface area contributed by atoms with E-state index in [1.165, 1.54) is 44.9 Å². The Morgan fingerprint density at radius 1 is 1.03 bits per heavy atom. The molecule has 154 valence electrons. The van der Waals surface area contributed by atoms with Crippen LogP contribution in [0.1, 0.15) is 36.1 Å². The summed E-state index contributed by atoms with van der Waals surface area (Å²) in [5.74, 6) is 1.18. The zero-order valence-electron chi connectivity index (χ0n) is 19.0. The zero-order valence-corrected chi connectivity index (χ0v) is 21.0. The van der Waals surface area contributed by atoms with Crippen molar-refractivity contribution in [2.24, 2.45) is 0 Å². The molecule has 2 aromatic carbocycles. The van der Waals surface area contributed by atoms with Gasteiger partial charge < -0.3 is 4.74 Å². The molecule has 0 N–H and O–H groups in total. The largest absolute Gasteiger partial charge is 0.490 e. The van der Waals surface area contributed by atoms with E-state index in [9.17, 15) is 0 Å². The van der Waals surface area contributed by atoms with Crippen LogP contribution in [0.25, 0.3) is 6.08 Å². The van der Waals surface area contributed by atoms with Crippen LogP contribution in [0.3, 0.4) is 0 Å². The summed E-state index contributed by atoms with van der Waals surface area (Å²) in [7, 11) is -3.46. The molecule has 0 aliphatic heterocycles. The summed E-state index contributed by atoms with van der Waals surface area (Å²) in [6, 6.07) is 16.2. The molecule has 1 atom stereocenters. The maximum absolute atomic E-state index is 6.48. The fourth-order valence-electron chi connectivity index (χ4n) is 4.97. The highest BCUT2D eigenvalue weighted by molar-refractivity contribution is 6.95. The summed E-state index contributed by atoms with van der Waals surface area (Å²) in [6.45, 7) is 18.8. The SMILES string of the molecule is C=CCOc1c([Si](C)(C)C)cc(C)cc1[Si](CC)(CC)C1C=Cc2ccccc21. The highest BCUT2D eigenvalue weighted by Crippen LogP contribution is 2.41. The number of rotatable bonds is 8. The van der Waals surface area contributed by atoms with Gasteiger partial charge in [-0.2, -0.15) is 0 Å². The molecule has 0 fully saturated rings. The maximum Gasteiger partial charge on any atom is 0.118 e. The van der Waals surface area contributed by atoms with Crippen molar-refractivity contribution >= 4 is 32.6 Å². The molecule has 0 bridgehead atoms. The summed E-state index contributed by atoms with van der Waals surface area (Å²) in [5, 5.41) is 2.98. The molecule has 0 spiro atoms. The van der Waals surface area contributed by atoms with E-state index in [-0.39, 0.29) is 0 Å².